The number of carbonyl (C=O) groups is 1. The molecule has 2 aromatic carbocycles. The standard InChI is InChI=1S/C20H16N4O/c21-11-16-7-4-8-18(9-16)24-20(25)17-10-19(14-22-13-17)23-12-15-5-2-1-3-6-15/h1-10,13-14,23H,12H2,(H,24,25). The van der Waals surface area contributed by atoms with Gasteiger partial charge in [0.2, 0.25) is 0 Å². The Kier molecular flexibility index (Phi) is 5.03. The molecule has 0 radical (unpaired) electrons. The summed E-state index contributed by atoms with van der Waals surface area (Å²) in [6.45, 7) is 0.651. The predicted octanol–water partition coefficient (Wildman–Crippen LogP) is 3.82. The van der Waals surface area contributed by atoms with Crippen molar-refractivity contribution in [3.05, 3.63) is 89.7 Å². The Labute approximate surface area is 146 Å². The minimum atomic E-state index is -0.272. The van der Waals surface area contributed by atoms with E-state index in [-0.39, 0.29) is 5.91 Å². The molecule has 0 fully saturated rings. The van der Waals surface area contributed by atoms with E-state index in [9.17, 15) is 4.79 Å². The molecule has 0 aliphatic rings. The van der Waals surface area contributed by atoms with Gasteiger partial charge < -0.3 is 10.6 Å². The molecule has 1 amide bonds. The van der Waals surface area contributed by atoms with Gasteiger partial charge >= 0.3 is 0 Å². The van der Waals surface area contributed by atoms with Gasteiger partial charge in [-0.1, -0.05) is 36.4 Å². The van der Waals surface area contributed by atoms with Crippen LogP contribution in [0, 0.1) is 11.3 Å². The Balaban J connectivity index is 1.68. The van der Waals surface area contributed by atoms with E-state index in [1.165, 1.54) is 6.20 Å². The van der Waals surface area contributed by atoms with Crippen LogP contribution in [0.15, 0.2) is 73.1 Å². The molecule has 1 heterocycles. The molecule has 0 saturated carbocycles. The van der Waals surface area contributed by atoms with Crippen molar-refractivity contribution in [2.45, 2.75) is 6.54 Å². The van der Waals surface area contributed by atoms with E-state index in [0.717, 1.165) is 11.3 Å². The minimum Gasteiger partial charge on any atom is -0.380 e. The predicted molar refractivity (Wildman–Crippen MR) is 97.1 cm³/mol. The minimum absolute atomic E-state index is 0.272. The average Bonchev–Trinajstić information content (AvgIpc) is 2.67. The number of carbonyl (C=O) groups excluding carboxylic acids is 1. The Morgan fingerprint density at radius 2 is 1.84 bits per heavy atom. The highest BCUT2D eigenvalue weighted by atomic mass is 16.1. The smallest absolute Gasteiger partial charge is 0.257 e. The highest BCUT2D eigenvalue weighted by Crippen LogP contribution is 2.14. The molecule has 0 spiro atoms. The second kappa shape index (κ2) is 7.75. The van der Waals surface area contributed by atoms with Crippen LogP contribution in [0.5, 0.6) is 0 Å². The maximum Gasteiger partial charge on any atom is 0.257 e. The van der Waals surface area contributed by atoms with Crippen molar-refractivity contribution >= 4 is 17.3 Å². The molecule has 0 saturated heterocycles. The zero-order valence-electron chi connectivity index (χ0n) is 13.4. The summed E-state index contributed by atoms with van der Waals surface area (Å²) in [4.78, 5) is 16.5. The van der Waals surface area contributed by atoms with Gasteiger partial charge in [-0.15, -0.1) is 0 Å². The van der Waals surface area contributed by atoms with Crippen LogP contribution in [0.3, 0.4) is 0 Å². The summed E-state index contributed by atoms with van der Waals surface area (Å²) in [7, 11) is 0. The molecule has 5 heteroatoms. The molecule has 1 aromatic heterocycles. The first-order valence-electron chi connectivity index (χ1n) is 7.79. The highest BCUT2D eigenvalue weighted by Gasteiger charge is 2.08. The van der Waals surface area contributed by atoms with Gasteiger partial charge in [-0.3, -0.25) is 9.78 Å². The fraction of sp³-hybridized carbons (Fsp3) is 0.0500. The van der Waals surface area contributed by atoms with Crippen molar-refractivity contribution in [1.82, 2.24) is 4.98 Å². The number of amides is 1. The number of nitriles is 1. The maximum atomic E-state index is 12.4. The van der Waals surface area contributed by atoms with Crippen molar-refractivity contribution in [2.75, 3.05) is 10.6 Å². The Morgan fingerprint density at radius 3 is 2.64 bits per heavy atom. The molecule has 2 N–H and O–H groups in total. The molecule has 0 bridgehead atoms. The van der Waals surface area contributed by atoms with Gasteiger partial charge in [-0.25, -0.2) is 0 Å². The summed E-state index contributed by atoms with van der Waals surface area (Å²) < 4.78 is 0. The summed E-state index contributed by atoms with van der Waals surface area (Å²) in [5.74, 6) is -0.272. The van der Waals surface area contributed by atoms with Gasteiger partial charge in [-0.05, 0) is 29.8 Å². The second-order valence-corrected chi connectivity index (χ2v) is 5.45. The van der Waals surface area contributed by atoms with Gasteiger partial charge in [0.1, 0.15) is 0 Å². The summed E-state index contributed by atoms with van der Waals surface area (Å²) in [5.41, 5.74) is 3.43. The molecule has 3 aromatic rings. The van der Waals surface area contributed by atoms with Crippen LogP contribution in [-0.4, -0.2) is 10.9 Å². The van der Waals surface area contributed by atoms with Crippen molar-refractivity contribution < 1.29 is 4.79 Å². The van der Waals surface area contributed by atoms with Crippen LogP contribution in [0.2, 0.25) is 0 Å². The van der Waals surface area contributed by atoms with Crippen LogP contribution < -0.4 is 10.6 Å². The molecule has 122 valence electrons. The number of rotatable bonds is 5. The van der Waals surface area contributed by atoms with Gasteiger partial charge in [0.05, 0.1) is 22.9 Å². The van der Waals surface area contributed by atoms with Gasteiger partial charge in [-0.2, -0.15) is 5.26 Å². The van der Waals surface area contributed by atoms with E-state index in [1.807, 2.05) is 36.4 Å². The third-order valence-electron chi connectivity index (χ3n) is 3.59. The van der Waals surface area contributed by atoms with E-state index in [2.05, 4.69) is 15.6 Å². The van der Waals surface area contributed by atoms with Crippen LogP contribution in [0.4, 0.5) is 11.4 Å². The molecule has 0 unspecified atom stereocenters. The molecule has 25 heavy (non-hydrogen) atoms. The normalized spacial score (nSPS) is 9.88. The molecular formula is C20H16N4O. The number of hydrogen-bond donors (Lipinski definition) is 2. The van der Waals surface area contributed by atoms with E-state index < -0.39 is 0 Å². The molecule has 0 aliphatic carbocycles. The molecule has 3 rings (SSSR count). The third kappa shape index (κ3) is 4.43. The Morgan fingerprint density at radius 1 is 1.00 bits per heavy atom. The third-order valence-corrected chi connectivity index (χ3v) is 3.59. The van der Waals surface area contributed by atoms with Crippen molar-refractivity contribution in [3.63, 3.8) is 0 Å². The number of anilines is 2. The van der Waals surface area contributed by atoms with E-state index >= 15 is 0 Å². The summed E-state index contributed by atoms with van der Waals surface area (Å²) in [6, 6.07) is 20.6. The zero-order valence-corrected chi connectivity index (χ0v) is 13.4. The largest absolute Gasteiger partial charge is 0.380 e. The summed E-state index contributed by atoms with van der Waals surface area (Å²) in [5, 5.41) is 15.0. The first kappa shape index (κ1) is 16.2. The van der Waals surface area contributed by atoms with Crippen LogP contribution in [-0.2, 0) is 6.54 Å². The number of pyridine rings is 1. The lowest BCUT2D eigenvalue weighted by Gasteiger charge is -2.09. The lowest BCUT2D eigenvalue weighted by atomic mass is 10.2. The quantitative estimate of drug-likeness (QED) is 0.746. The number of hydrogen-bond acceptors (Lipinski definition) is 4. The number of nitrogens with one attached hydrogen (secondary N) is 2. The molecule has 0 atom stereocenters. The highest BCUT2D eigenvalue weighted by molar-refractivity contribution is 6.04. The van der Waals surface area contributed by atoms with Gasteiger partial charge in [0.25, 0.3) is 5.91 Å². The number of aromatic nitrogens is 1. The SMILES string of the molecule is N#Cc1cccc(NC(=O)c2cncc(NCc3ccccc3)c2)c1. The Hall–Kier alpha value is -3.65. The van der Waals surface area contributed by atoms with E-state index in [4.69, 9.17) is 5.26 Å². The first-order chi connectivity index (χ1) is 12.2. The number of benzene rings is 2. The monoisotopic (exact) mass is 328 g/mol. The van der Waals surface area contributed by atoms with Crippen molar-refractivity contribution in [1.29, 1.82) is 5.26 Å². The zero-order chi connectivity index (χ0) is 17.5. The summed E-state index contributed by atoms with van der Waals surface area (Å²) >= 11 is 0. The van der Waals surface area contributed by atoms with E-state index in [0.29, 0.717) is 23.4 Å². The van der Waals surface area contributed by atoms with Gasteiger partial charge in [0.15, 0.2) is 0 Å². The van der Waals surface area contributed by atoms with E-state index in [1.54, 1.807) is 36.5 Å². The lowest BCUT2D eigenvalue weighted by Crippen LogP contribution is -2.13. The fourth-order valence-electron chi connectivity index (χ4n) is 2.33. The maximum absolute atomic E-state index is 12.4. The second-order valence-electron chi connectivity index (χ2n) is 5.45. The van der Waals surface area contributed by atoms with Crippen LogP contribution in [0.25, 0.3) is 0 Å². The van der Waals surface area contributed by atoms with Gasteiger partial charge in [0, 0.05) is 24.6 Å². The van der Waals surface area contributed by atoms with Crippen LogP contribution in [0.1, 0.15) is 21.5 Å². The van der Waals surface area contributed by atoms with Crippen molar-refractivity contribution in [2.24, 2.45) is 0 Å². The molecule has 5 nitrogen and oxygen atoms in total. The lowest BCUT2D eigenvalue weighted by molar-refractivity contribution is 0.102. The molecular weight excluding hydrogens is 312 g/mol. The molecule has 0 aliphatic heterocycles. The first-order valence-corrected chi connectivity index (χ1v) is 7.79. The average molecular weight is 328 g/mol. The fourth-order valence-corrected chi connectivity index (χ4v) is 2.33. The van der Waals surface area contributed by atoms with Crippen molar-refractivity contribution in [3.8, 4) is 6.07 Å². The Bertz CT molecular complexity index is 916. The van der Waals surface area contributed by atoms with Crippen LogP contribution >= 0.6 is 0 Å². The summed E-state index contributed by atoms with van der Waals surface area (Å²) in [6.07, 6.45) is 3.19. The topological polar surface area (TPSA) is 77.8 Å². The number of nitrogens with zero attached hydrogens (tertiary/aromatic N) is 2.